The van der Waals surface area contributed by atoms with Crippen molar-refractivity contribution in [2.24, 2.45) is 11.8 Å². The van der Waals surface area contributed by atoms with Crippen LogP contribution < -0.4 is 0 Å². The Morgan fingerprint density at radius 1 is 1.31 bits per heavy atom. The predicted octanol–water partition coefficient (Wildman–Crippen LogP) is 2.80. The van der Waals surface area contributed by atoms with Gasteiger partial charge in [0.15, 0.2) is 0 Å². The Bertz CT molecular complexity index is 1550. The molecule has 0 bridgehead atoms. The van der Waals surface area contributed by atoms with Crippen LogP contribution in [-0.2, 0) is 30.5 Å². The Labute approximate surface area is 225 Å². The van der Waals surface area contributed by atoms with E-state index in [-0.39, 0.29) is 29.8 Å². The minimum atomic E-state index is -0.892. The number of amides is 1. The Morgan fingerprint density at radius 2 is 2.03 bits per heavy atom. The molecule has 5 rings (SSSR count). The van der Waals surface area contributed by atoms with Crippen LogP contribution in [0.25, 0.3) is 16.5 Å². The number of aromatic nitrogens is 2. The van der Waals surface area contributed by atoms with Crippen LogP contribution in [-0.4, -0.2) is 61.4 Å². The summed E-state index contributed by atoms with van der Waals surface area (Å²) in [6.07, 6.45) is 5.28. The topological polar surface area (TPSA) is 154 Å². The molecule has 4 atom stereocenters. The molecule has 12 nitrogen and oxygen atoms in total. The monoisotopic (exact) mass is 552 g/mol. The molecule has 13 heteroatoms. The number of fused-ring (bicyclic) bond motifs is 2. The minimum Gasteiger partial charge on any atom is -0.466 e. The van der Waals surface area contributed by atoms with Gasteiger partial charge in [-0.2, -0.15) is 0 Å². The van der Waals surface area contributed by atoms with Crippen LogP contribution in [0.5, 0.6) is 0 Å². The maximum atomic E-state index is 13.4. The number of non-ortho nitro benzene ring substituents is 1. The van der Waals surface area contributed by atoms with E-state index in [0.717, 1.165) is 4.83 Å². The van der Waals surface area contributed by atoms with Crippen molar-refractivity contribution in [1.82, 2.24) is 14.3 Å². The average Bonchev–Trinajstić information content (AvgIpc) is 3.55. The molecule has 1 saturated heterocycles. The number of methoxy groups -OCH3 is 1. The third-order valence-electron chi connectivity index (χ3n) is 6.96. The molecule has 3 aromatic rings. The smallest absolute Gasteiger partial charge is 0.355 e. The van der Waals surface area contributed by atoms with E-state index in [9.17, 15) is 29.6 Å². The predicted molar refractivity (Wildman–Crippen MR) is 139 cm³/mol. The molecule has 0 spiro atoms. The van der Waals surface area contributed by atoms with E-state index < -0.39 is 34.9 Å². The second-order valence-corrected chi connectivity index (χ2v) is 10.3. The van der Waals surface area contributed by atoms with Gasteiger partial charge in [-0.25, -0.2) is 14.6 Å². The molecule has 1 amide bonds. The highest BCUT2D eigenvalue weighted by atomic mass is 32.1. The number of aliphatic hydroxyl groups excluding tert-OH is 1. The van der Waals surface area contributed by atoms with Gasteiger partial charge in [-0.15, -0.1) is 11.3 Å². The van der Waals surface area contributed by atoms with Crippen molar-refractivity contribution in [1.29, 1.82) is 0 Å². The Kier molecular flexibility index (Phi) is 6.78. The summed E-state index contributed by atoms with van der Waals surface area (Å²) in [7, 11) is 1.28. The maximum absolute atomic E-state index is 13.4. The summed E-state index contributed by atoms with van der Waals surface area (Å²) in [6.45, 7) is 3.31. The maximum Gasteiger partial charge on any atom is 0.355 e. The SMILES string of the molecule is COC(=O)/C=C/c1ncn2cc(C3=C(C(=O)OCc4ccc([N+](=O)[O-])cc4)N4C(=O)[C@H]([C@@H](C)O)[C@H]4[C@H]3C)sc12. The van der Waals surface area contributed by atoms with Gasteiger partial charge >= 0.3 is 11.9 Å². The molecule has 4 heterocycles. The number of thiazole rings is 1. The zero-order valence-corrected chi connectivity index (χ0v) is 22.0. The number of carbonyl (C=O) groups excluding carboxylic acids is 3. The van der Waals surface area contributed by atoms with Gasteiger partial charge in [0.25, 0.3) is 5.69 Å². The Hall–Kier alpha value is -4.36. The zero-order chi connectivity index (χ0) is 28.0. The number of nitro groups is 1. The minimum absolute atomic E-state index is 0.0812. The number of imidazole rings is 1. The summed E-state index contributed by atoms with van der Waals surface area (Å²) in [5.41, 5.74) is 1.73. The molecule has 2 aliphatic heterocycles. The number of nitro benzene ring substituents is 1. The fourth-order valence-corrected chi connectivity index (χ4v) is 6.28. The number of carbonyl (C=O) groups is 3. The number of nitrogens with zero attached hydrogens (tertiary/aromatic N) is 4. The molecule has 0 aliphatic carbocycles. The third kappa shape index (κ3) is 4.49. The van der Waals surface area contributed by atoms with Crippen molar-refractivity contribution in [2.45, 2.75) is 32.6 Å². The van der Waals surface area contributed by atoms with Gasteiger partial charge in [0.1, 0.15) is 23.5 Å². The number of ether oxygens (including phenoxy) is 2. The van der Waals surface area contributed by atoms with Gasteiger partial charge in [0, 0.05) is 35.9 Å². The van der Waals surface area contributed by atoms with Gasteiger partial charge in [0.05, 0.1) is 40.7 Å². The quantitative estimate of drug-likeness (QED) is 0.146. The van der Waals surface area contributed by atoms with Crippen molar-refractivity contribution in [3.8, 4) is 0 Å². The van der Waals surface area contributed by atoms with Gasteiger partial charge < -0.3 is 19.5 Å². The highest BCUT2D eigenvalue weighted by Crippen LogP contribution is 2.51. The van der Waals surface area contributed by atoms with E-state index >= 15 is 0 Å². The summed E-state index contributed by atoms with van der Waals surface area (Å²) in [5.74, 6) is -2.52. The van der Waals surface area contributed by atoms with Gasteiger partial charge in [-0.1, -0.05) is 6.92 Å². The normalized spacial score (nSPS) is 21.3. The van der Waals surface area contributed by atoms with Crippen LogP contribution in [0.15, 0.2) is 48.6 Å². The highest BCUT2D eigenvalue weighted by Gasteiger charge is 2.60. The van der Waals surface area contributed by atoms with Crippen LogP contribution >= 0.6 is 11.3 Å². The lowest BCUT2D eigenvalue weighted by Gasteiger charge is -2.46. The first-order chi connectivity index (χ1) is 18.6. The number of β-lactam (4-membered cyclic amide) rings is 1. The number of hydrogen-bond donors (Lipinski definition) is 1. The van der Waals surface area contributed by atoms with E-state index in [0.29, 0.717) is 21.7 Å². The van der Waals surface area contributed by atoms with Crippen molar-refractivity contribution in [3.63, 3.8) is 0 Å². The van der Waals surface area contributed by atoms with Crippen molar-refractivity contribution in [2.75, 3.05) is 7.11 Å². The summed E-state index contributed by atoms with van der Waals surface area (Å²) >= 11 is 1.34. The van der Waals surface area contributed by atoms with Gasteiger partial charge in [-0.05, 0) is 30.7 Å². The molecule has 39 heavy (non-hydrogen) atoms. The molecule has 1 aromatic carbocycles. The summed E-state index contributed by atoms with van der Waals surface area (Å²) < 4.78 is 12.0. The largest absolute Gasteiger partial charge is 0.466 e. The molecule has 1 N–H and O–H groups in total. The number of hydrogen-bond acceptors (Lipinski definition) is 10. The fraction of sp³-hybridized carbons (Fsp3) is 0.308. The molecule has 0 radical (unpaired) electrons. The third-order valence-corrected chi connectivity index (χ3v) is 8.12. The average molecular weight is 553 g/mol. The van der Waals surface area contributed by atoms with Crippen molar-refractivity contribution >= 4 is 51.3 Å². The van der Waals surface area contributed by atoms with Crippen LogP contribution in [0.1, 0.15) is 30.0 Å². The highest BCUT2D eigenvalue weighted by molar-refractivity contribution is 7.18. The van der Waals surface area contributed by atoms with E-state index in [1.807, 2.05) is 6.92 Å². The van der Waals surface area contributed by atoms with Crippen LogP contribution in [0, 0.1) is 22.0 Å². The number of benzene rings is 1. The van der Waals surface area contributed by atoms with Crippen LogP contribution in [0.2, 0.25) is 0 Å². The molecular formula is C26H24N4O8S. The lowest BCUT2D eigenvalue weighted by molar-refractivity contribution is -0.384. The first-order valence-electron chi connectivity index (χ1n) is 12.0. The second kappa shape index (κ2) is 10.1. The molecule has 2 aliphatic rings. The molecule has 2 aromatic heterocycles. The Morgan fingerprint density at radius 3 is 2.67 bits per heavy atom. The number of aliphatic hydroxyl groups is 1. The lowest BCUT2D eigenvalue weighted by atomic mass is 9.77. The van der Waals surface area contributed by atoms with E-state index in [4.69, 9.17) is 4.74 Å². The summed E-state index contributed by atoms with van der Waals surface area (Å²) in [5, 5.41) is 21.2. The summed E-state index contributed by atoms with van der Waals surface area (Å²) in [6, 6.07) is 5.23. The fourth-order valence-electron chi connectivity index (χ4n) is 5.09. The zero-order valence-electron chi connectivity index (χ0n) is 21.1. The first-order valence-corrected chi connectivity index (χ1v) is 12.8. The molecule has 0 saturated carbocycles. The van der Waals surface area contributed by atoms with Crippen molar-refractivity contribution < 1.29 is 33.9 Å². The van der Waals surface area contributed by atoms with E-state index in [1.165, 1.54) is 59.8 Å². The molecule has 1 fully saturated rings. The molecule has 202 valence electrons. The molecule has 0 unspecified atom stereocenters. The lowest BCUT2D eigenvalue weighted by Crippen LogP contribution is -2.63. The first kappa shape index (κ1) is 26.3. The van der Waals surface area contributed by atoms with E-state index in [2.05, 4.69) is 9.72 Å². The summed E-state index contributed by atoms with van der Waals surface area (Å²) in [4.78, 5) is 55.6. The van der Waals surface area contributed by atoms with Gasteiger partial charge in [-0.3, -0.25) is 19.3 Å². The van der Waals surface area contributed by atoms with Crippen LogP contribution in [0.3, 0.4) is 0 Å². The standard InChI is InChI=1S/C26H24N4O8S/c1-13-20(18-10-28-12-27-17(25(28)39-18)8-9-19(32)37-3)23(29-22(13)21(14(2)31)24(29)33)26(34)38-11-15-4-6-16(7-5-15)30(35)36/h4-10,12-14,21-22,31H,11H2,1-3H3/b9-8+/t13-,14+,21+,22+/m0/s1. The Balaban J connectivity index is 1.50. The van der Waals surface area contributed by atoms with Crippen molar-refractivity contribution in [3.05, 3.63) is 74.8 Å². The van der Waals surface area contributed by atoms with Crippen LogP contribution in [0.4, 0.5) is 5.69 Å². The number of rotatable bonds is 8. The molecular weight excluding hydrogens is 528 g/mol. The van der Waals surface area contributed by atoms with Gasteiger partial charge in [0.2, 0.25) is 5.91 Å². The number of esters is 2. The second-order valence-electron chi connectivity index (χ2n) is 9.31. The van der Waals surface area contributed by atoms with E-state index in [1.54, 1.807) is 23.8 Å².